The molecule has 3 nitrogen and oxygen atoms in total. The summed E-state index contributed by atoms with van der Waals surface area (Å²) in [6.45, 7) is 7.93. The third kappa shape index (κ3) is 3.86. The van der Waals surface area contributed by atoms with Crippen LogP contribution in [0.15, 0.2) is 18.2 Å². The highest BCUT2D eigenvalue weighted by Gasteiger charge is 2.28. The van der Waals surface area contributed by atoms with Crippen LogP contribution in [-0.2, 0) is 0 Å². The van der Waals surface area contributed by atoms with E-state index in [4.69, 9.17) is 5.11 Å². The van der Waals surface area contributed by atoms with Crippen molar-refractivity contribution in [2.75, 3.05) is 19.7 Å². The van der Waals surface area contributed by atoms with Crippen LogP contribution in [0.4, 0.5) is 0 Å². The summed E-state index contributed by atoms with van der Waals surface area (Å²) < 4.78 is 0. The van der Waals surface area contributed by atoms with Crippen LogP contribution < -0.4 is 0 Å². The Labute approximate surface area is 127 Å². The van der Waals surface area contributed by atoms with Crippen LogP contribution in [0.25, 0.3) is 0 Å². The normalized spacial score (nSPS) is 17.0. The fourth-order valence-electron chi connectivity index (χ4n) is 2.52. The van der Waals surface area contributed by atoms with Gasteiger partial charge in [-0.25, -0.2) is 0 Å². The molecule has 0 aromatic heterocycles. The second-order valence-electron chi connectivity index (χ2n) is 6.45. The fraction of sp³-hybridized carbons (Fsp3) is 0.500. The van der Waals surface area contributed by atoms with E-state index < -0.39 is 0 Å². The molecule has 1 heterocycles. The van der Waals surface area contributed by atoms with E-state index in [-0.39, 0.29) is 12.5 Å². The molecule has 21 heavy (non-hydrogen) atoms. The number of nitrogens with zero attached hydrogens (tertiary/aromatic N) is 1. The first-order chi connectivity index (χ1) is 9.93. The fourth-order valence-corrected chi connectivity index (χ4v) is 2.52. The number of hydrogen-bond donors (Lipinski definition) is 1. The van der Waals surface area contributed by atoms with Crippen LogP contribution in [0.1, 0.15) is 48.2 Å². The molecular weight excluding hydrogens is 262 g/mol. The van der Waals surface area contributed by atoms with Gasteiger partial charge in [0.1, 0.15) is 6.61 Å². The van der Waals surface area contributed by atoms with Crippen molar-refractivity contribution in [3.63, 3.8) is 0 Å². The summed E-state index contributed by atoms with van der Waals surface area (Å²) in [5.41, 5.74) is 2.85. The smallest absolute Gasteiger partial charge is 0.253 e. The van der Waals surface area contributed by atoms with Gasteiger partial charge in [-0.05, 0) is 42.9 Å². The van der Waals surface area contributed by atoms with Gasteiger partial charge in [-0.1, -0.05) is 31.8 Å². The Morgan fingerprint density at radius 3 is 2.62 bits per heavy atom. The van der Waals surface area contributed by atoms with Crippen molar-refractivity contribution in [3.05, 3.63) is 34.9 Å². The lowest BCUT2D eigenvalue weighted by atomic mass is 9.82. The Balaban J connectivity index is 2.16. The van der Waals surface area contributed by atoms with E-state index in [0.717, 1.165) is 37.1 Å². The van der Waals surface area contributed by atoms with Crippen LogP contribution in [0.3, 0.4) is 0 Å². The quantitative estimate of drug-likeness (QED) is 0.806. The predicted molar refractivity (Wildman–Crippen MR) is 84.1 cm³/mol. The maximum atomic E-state index is 12.6. The first-order valence-electron chi connectivity index (χ1n) is 7.43. The van der Waals surface area contributed by atoms with Crippen LogP contribution in [0.2, 0.25) is 0 Å². The Kier molecular flexibility index (Phi) is 4.69. The van der Waals surface area contributed by atoms with E-state index >= 15 is 0 Å². The zero-order valence-corrected chi connectivity index (χ0v) is 13.1. The number of hydrogen-bond acceptors (Lipinski definition) is 2. The lowest BCUT2D eigenvalue weighted by molar-refractivity contribution is 0.0630. The highest BCUT2D eigenvalue weighted by atomic mass is 16.2. The molecule has 0 radical (unpaired) electrons. The molecule has 1 amide bonds. The summed E-state index contributed by atoms with van der Waals surface area (Å²) in [5.74, 6) is 5.63. The summed E-state index contributed by atoms with van der Waals surface area (Å²) in [4.78, 5) is 14.5. The van der Waals surface area contributed by atoms with Crippen molar-refractivity contribution < 1.29 is 9.90 Å². The molecule has 1 aromatic rings. The van der Waals surface area contributed by atoms with Crippen molar-refractivity contribution in [1.82, 2.24) is 4.90 Å². The number of carbonyl (C=O) groups excluding carboxylic acids is 1. The second-order valence-corrected chi connectivity index (χ2v) is 6.45. The minimum absolute atomic E-state index is 0.0811. The number of piperidine rings is 1. The van der Waals surface area contributed by atoms with E-state index in [0.29, 0.717) is 11.0 Å². The molecule has 0 bridgehead atoms. The van der Waals surface area contributed by atoms with E-state index in [1.165, 1.54) is 0 Å². The maximum absolute atomic E-state index is 12.6. The number of aliphatic hydroxyl groups is 1. The largest absolute Gasteiger partial charge is 0.384 e. The zero-order valence-electron chi connectivity index (χ0n) is 13.1. The molecule has 1 aliphatic heterocycles. The van der Waals surface area contributed by atoms with Gasteiger partial charge in [0.15, 0.2) is 0 Å². The average Bonchev–Trinajstić information content (AvgIpc) is 2.46. The van der Waals surface area contributed by atoms with Crippen molar-refractivity contribution in [1.29, 1.82) is 0 Å². The number of rotatable bonds is 1. The standard InChI is InChI=1S/C18H23NO2/c1-14-6-7-16(13-15(14)5-4-12-20)17(21)19-10-8-18(2,3)9-11-19/h6-7,13,20H,8-12H2,1-3H3. The highest BCUT2D eigenvalue weighted by Crippen LogP contribution is 2.30. The topological polar surface area (TPSA) is 40.5 Å². The molecule has 3 heteroatoms. The SMILES string of the molecule is Cc1ccc(C(=O)N2CCC(C)(C)CC2)cc1C#CCO. The lowest BCUT2D eigenvalue weighted by Gasteiger charge is -2.37. The summed E-state index contributed by atoms with van der Waals surface area (Å²) >= 11 is 0. The number of carbonyl (C=O) groups is 1. The van der Waals surface area contributed by atoms with E-state index in [1.54, 1.807) is 0 Å². The van der Waals surface area contributed by atoms with Crippen LogP contribution in [0.5, 0.6) is 0 Å². The lowest BCUT2D eigenvalue weighted by Crippen LogP contribution is -2.41. The number of likely N-dealkylation sites (tertiary alicyclic amines) is 1. The average molecular weight is 285 g/mol. The third-order valence-electron chi connectivity index (χ3n) is 4.19. The molecule has 1 N–H and O–H groups in total. The second kappa shape index (κ2) is 6.32. The van der Waals surface area contributed by atoms with Gasteiger partial charge in [0.25, 0.3) is 5.91 Å². The number of aryl methyl sites for hydroxylation is 1. The van der Waals surface area contributed by atoms with Crippen LogP contribution in [0, 0.1) is 24.2 Å². The Hall–Kier alpha value is -1.79. The third-order valence-corrected chi connectivity index (χ3v) is 4.19. The molecule has 0 spiro atoms. The van der Waals surface area contributed by atoms with Gasteiger partial charge in [0, 0.05) is 24.2 Å². The minimum atomic E-state index is -0.168. The molecule has 1 aliphatic rings. The summed E-state index contributed by atoms with van der Waals surface area (Å²) in [5, 5.41) is 8.80. The van der Waals surface area contributed by atoms with Crippen molar-refractivity contribution in [2.24, 2.45) is 5.41 Å². The molecule has 1 aromatic carbocycles. The zero-order chi connectivity index (χ0) is 15.5. The number of amides is 1. The minimum Gasteiger partial charge on any atom is -0.384 e. The highest BCUT2D eigenvalue weighted by molar-refractivity contribution is 5.94. The summed E-state index contributed by atoms with van der Waals surface area (Å²) in [6.07, 6.45) is 2.09. The van der Waals surface area contributed by atoms with Gasteiger partial charge in [-0.2, -0.15) is 0 Å². The van der Waals surface area contributed by atoms with E-state index in [1.807, 2.05) is 30.0 Å². The van der Waals surface area contributed by atoms with Crippen molar-refractivity contribution >= 4 is 5.91 Å². The van der Waals surface area contributed by atoms with Crippen LogP contribution in [-0.4, -0.2) is 35.6 Å². The molecule has 2 rings (SSSR count). The summed E-state index contributed by atoms with van der Waals surface area (Å²) in [7, 11) is 0. The van der Waals surface area contributed by atoms with Gasteiger partial charge < -0.3 is 10.0 Å². The molecular formula is C18H23NO2. The molecule has 112 valence electrons. The van der Waals surface area contributed by atoms with Gasteiger partial charge in [-0.3, -0.25) is 4.79 Å². The molecule has 1 saturated heterocycles. The molecule has 0 unspecified atom stereocenters. The van der Waals surface area contributed by atoms with E-state index in [2.05, 4.69) is 25.7 Å². The molecule has 1 fully saturated rings. The summed E-state index contributed by atoms with van der Waals surface area (Å²) in [6, 6.07) is 5.62. The van der Waals surface area contributed by atoms with Gasteiger partial charge in [0.05, 0.1) is 0 Å². The first kappa shape index (κ1) is 15.6. The van der Waals surface area contributed by atoms with Gasteiger partial charge in [-0.15, -0.1) is 0 Å². The number of benzene rings is 1. The Morgan fingerprint density at radius 1 is 1.33 bits per heavy atom. The Morgan fingerprint density at radius 2 is 2.00 bits per heavy atom. The molecule has 0 atom stereocenters. The van der Waals surface area contributed by atoms with Crippen molar-refractivity contribution in [3.8, 4) is 11.8 Å². The number of aliphatic hydroxyl groups excluding tert-OH is 1. The first-order valence-corrected chi connectivity index (χ1v) is 7.43. The monoisotopic (exact) mass is 285 g/mol. The van der Waals surface area contributed by atoms with Crippen molar-refractivity contribution in [2.45, 2.75) is 33.6 Å². The van der Waals surface area contributed by atoms with Gasteiger partial charge in [0.2, 0.25) is 0 Å². The van der Waals surface area contributed by atoms with Crippen LogP contribution >= 0.6 is 0 Å². The Bertz CT molecular complexity index is 583. The molecule has 0 aliphatic carbocycles. The molecule has 0 saturated carbocycles. The predicted octanol–water partition coefficient (Wildman–Crippen LogP) is 2.60. The maximum Gasteiger partial charge on any atom is 0.253 e. The van der Waals surface area contributed by atoms with Gasteiger partial charge >= 0.3 is 0 Å². The van der Waals surface area contributed by atoms with E-state index in [9.17, 15) is 4.79 Å².